The first-order valence-electron chi connectivity index (χ1n) is 20.9. The maximum absolute atomic E-state index is 4.98. The van der Waals surface area contributed by atoms with Gasteiger partial charge in [-0.2, -0.15) is 0 Å². The van der Waals surface area contributed by atoms with Crippen LogP contribution in [-0.2, 0) is 12.8 Å². The monoisotopic (exact) mass is 756 g/mol. The average Bonchev–Trinajstić information content (AvgIpc) is 3.47. The molecule has 7 aromatic carbocycles. The van der Waals surface area contributed by atoms with Gasteiger partial charge in [0, 0.05) is 44.6 Å². The molecule has 0 atom stereocenters. The Morgan fingerprint density at radius 3 is 1.33 bits per heavy atom. The van der Waals surface area contributed by atoms with Gasteiger partial charge in [0.1, 0.15) is 0 Å². The molecule has 0 saturated carbocycles. The van der Waals surface area contributed by atoms with Gasteiger partial charge in [-0.05, 0) is 157 Å². The molecule has 0 aliphatic heterocycles. The molecule has 0 bridgehead atoms. The molecule has 0 N–H and O–H groups in total. The Balaban J connectivity index is 1.53. The van der Waals surface area contributed by atoms with Crippen molar-refractivity contribution >= 4 is 56.5 Å². The van der Waals surface area contributed by atoms with Crippen LogP contribution in [0, 0.1) is 39.5 Å². The van der Waals surface area contributed by atoms with Gasteiger partial charge < -0.3 is 9.80 Å². The van der Waals surface area contributed by atoms with E-state index in [2.05, 4.69) is 199 Å². The molecule has 7 aromatic rings. The first-order valence-corrected chi connectivity index (χ1v) is 20.9. The van der Waals surface area contributed by atoms with Crippen LogP contribution in [0.1, 0.15) is 77.8 Å². The lowest BCUT2D eigenvalue weighted by molar-refractivity contribution is 0.647. The largest absolute Gasteiger partial charge is 0.309 e. The molecule has 0 fully saturated rings. The zero-order chi connectivity index (χ0) is 40.8. The Kier molecular flexibility index (Phi) is 10.5. The zero-order valence-corrected chi connectivity index (χ0v) is 35.6. The molecule has 8 rings (SSSR count). The highest BCUT2D eigenvalue weighted by Crippen LogP contribution is 2.60. The van der Waals surface area contributed by atoms with E-state index in [1.807, 2.05) is 6.08 Å². The maximum atomic E-state index is 4.98. The highest BCUT2D eigenvalue weighted by Gasteiger charge is 2.36. The molecule has 1 aliphatic carbocycles. The predicted octanol–water partition coefficient (Wildman–Crippen LogP) is 16.1. The standard InChI is InChI=1S/C56H56N2/c1-11-44-15-14-18-51-52(44)41(10)53-54(51)56(58(48-33-39(8)30-40(9)34-48)46-25-21-43(22-26-46)28-36(4)5)50-17-13-12-16-49(50)55(53)57(47-31-37(6)29-38(7)32-47)45-23-19-42(20-24-45)27-35(2)3/h11-26,29-36H,1,10,27-28H2,2-9H3. The molecule has 0 amide bonds. The molecular weight excluding hydrogens is 701 g/mol. The minimum atomic E-state index is 0.577. The van der Waals surface area contributed by atoms with Gasteiger partial charge in [-0.25, -0.2) is 0 Å². The Morgan fingerprint density at radius 1 is 0.483 bits per heavy atom. The number of fused-ring (bicyclic) bond motifs is 4. The van der Waals surface area contributed by atoms with Crippen LogP contribution >= 0.6 is 0 Å². The van der Waals surface area contributed by atoms with Crippen LogP contribution in [0.2, 0.25) is 0 Å². The second kappa shape index (κ2) is 15.7. The fourth-order valence-corrected chi connectivity index (χ4v) is 9.31. The highest BCUT2D eigenvalue weighted by atomic mass is 15.2. The summed E-state index contributed by atoms with van der Waals surface area (Å²) in [5, 5.41) is 2.35. The van der Waals surface area contributed by atoms with Gasteiger partial charge in [0.05, 0.1) is 11.4 Å². The van der Waals surface area contributed by atoms with Crippen LogP contribution in [0.15, 0.2) is 141 Å². The lowest BCUT2D eigenvalue weighted by Crippen LogP contribution is -2.16. The van der Waals surface area contributed by atoms with E-state index in [1.54, 1.807) is 0 Å². The molecule has 0 radical (unpaired) electrons. The number of anilines is 6. The Morgan fingerprint density at radius 2 is 0.914 bits per heavy atom. The van der Waals surface area contributed by atoms with E-state index >= 15 is 0 Å². The number of hydrogen-bond donors (Lipinski definition) is 0. The summed E-state index contributed by atoms with van der Waals surface area (Å²) in [5.41, 5.74) is 21.2. The van der Waals surface area contributed by atoms with Gasteiger partial charge in [0.25, 0.3) is 0 Å². The van der Waals surface area contributed by atoms with Gasteiger partial charge in [-0.3, -0.25) is 0 Å². The van der Waals surface area contributed by atoms with Crippen LogP contribution in [0.4, 0.5) is 34.1 Å². The van der Waals surface area contributed by atoms with Crippen LogP contribution in [0.3, 0.4) is 0 Å². The van der Waals surface area contributed by atoms with E-state index in [-0.39, 0.29) is 0 Å². The molecule has 2 nitrogen and oxygen atoms in total. The highest BCUT2D eigenvalue weighted by molar-refractivity contribution is 6.23. The van der Waals surface area contributed by atoms with E-state index in [1.165, 1.54) is 55.3 Å². The summed E-state index contributed by atoms with van der Waals surface area (Å²) in [6, 6.07) is 48.0. The summed E-state index contributed by atoms with van der Waals surface area (Å²) in [6.45, 7) is 27.2. The molecule has 0 saturated heterocycles. The number of hydrogen-bond acceptors (Lipinski definition) is 2. The minimum absolute atomic E-state index is 0.577. The summed E-state index contributed by atoms with van der Waals surface area (Å²) in [4.78, 5) is 5.01. The lowest BCUT2D eigenvalue weighted by atomic mass is 9.91. The number of rotatable bonds is 11. The van der Waals surface area contributed by atoms with E-state index < -0.39 is 0 Å². The van der Waals surface area contributed by atoms with Crippen molar-refractivity contribution < 1.29 is 0 Å². The van der Waals surface area contributed by atoms with Crippen molar-refractivity contribution in [3.05, 3.63) is 191 Å². The maximum Gasteiger partial charge on any atom is 0.0626 e. The third kappa shape index (κ3) is 7.17. The van der Waals surface area contributed by atoms with Crippen LogP contribution < -0.4 is 9.80 Å². The predicted molar refractivity (Wildman–Crippen MR) is 253 cm³/mol. The van der Waals surface area contributed by atoms with Gasteiger partial charge in [0.15, 0.2) is 0 Å². The molecule has 0 heterocycles. The smallest absolute Gasteiger partial charge is 0.0626 e. The molecule has 0 aromatic heterocycles. The van der Waals surface area contributed by atoms with Crippen molar-refractivity contribution in [2.75, 3.05) is 9.80 Å². The van der Waals surface area contributed by atoms with E-state index in [9.17, 15) is 0 Å². The number of benzene rings is 7. The first-order chi connectivity index (χ1) is 27.9. The van der Waals surface area contributed by atoms with Gasteiger partial charge in [-0.15, -0.1) is 0 Å². The van der Waals surface area contributed by atoms with Crippen molar-refractivity contribution in [1.82, 2.24) is 0 Å². The molecule has 58 heavy (non-hydrogen) atoms. The Bertz CT molecular complexity index is 2650. The molecule has 0 spiro atoms. The van der Waals surface area contributed by atoms with E-state index in [4.69, 9.17) is 6.58 Å². The van der Waals surface area contributed by atoms with Gasteiger partial charge >= 0.3 is 0 Å². The van der Waals surface area contributed by atoms with Gasteiger partial charge in [0.2, 0.25) is 0 Å². The van der Waals surface area contributed by atoms with Crippen molar-refractivity contribution in [2.24, 2.45) is 11.8 Å². The summed E-state index contributed by atoms with van der Waals surface area (Å²) in [6.07, 6.45) is 4.07. The third-order valence-corrected chi connectivity index (χ3v) is 11.4. The van der Waals surface area contributed by atoms with Crippen molar-refractivity contribution in [1.29, 1.82) is 0 Å². The molecule has 2 heteroatoms. The van der Waals surface area contributed by atoms with Crippen LogP contribution in [0.5, 0.6) is 0 Å². The van der Waals surface area contributed by atoms with Crippen molar-refractivity contribution in [3.8, 4) is 11.1 Å². The number of aryl methyl sites for hydroxylation is 4. The number of nitrogens with zero attached hydrogens (tertiary/aromatic N) is 2. The van der Waals surface area contributed by atoms with E-state index in [0.717, 1.165) is 69.2 Å². The summed E-state index contributed by atoms with van der Waals surface area (Å²) >= 11 is 0. The Hall–Kier alpha value is -6.12. The molecular formula is C56H56N2. The fourth-order valence-electron chi connectivity index (χ4n) is 9.31. The normalized spacial score (nSPS) is 12.0. The summed E-state index contributed by atoms with van der Waals surface area (Å²) in [5.74, 6) is 1.16. The third-order valence-electron chi connectivity index (χ3n) is 11.4. The minimum Gasteiger partial charge on any atom is -0.309 e. The first kappa shape index (κ1) is 38.7. The second-order valence-electron chi connectivity index (χ2n) is 17.3. The summed E-state index contributed by atoms with van der Waals surface area (Å²) < 4.78 is 0. The Labute approximate surface area is 346 Å². The molecule has 1 aliphatic rings. The molecule has 290 valence electrons. The summed E-state index contributed by atoms with van der Waals surface area (Å²) in [7, 11) is 0. The SMILES string of the molecule is C=Cc1cccc2c1C(=C)c1c-2c(N(c2ccc(CC(C)C)cc2)c2cc(C)cc(C)c2)c2ccccc2c1N(c1ccc(CC(C)C)cc1)c1cc(C)cc(C)c1. The lowest BCUT2D eigenvalue weighted by Gasteiger charge is -2.34. The van der Waals surface area contributed by atoms with Gasteiger partial charge in [-0.1, -0.05) is 126 Å². The van der Waals surface area contributed by atoms with Crippen molar-refractivity contribution in [2.45, 2.75) is 68.2 Å². The quantitative estimate of drug-likeness (QED) is 0.121. The fraction of sp³-hybridized carbons (Fsp3) is 0.214. The second-order valence-corrected chi connectivity index (χ2v) is 17.3. The van der Waals surface area contributed by atoms with E-state index in [0.29, 0.717) is 11.8 Å². The zero-order valence-electron chi connectivity index (χ0n) is 35.6. The topological polar surface area (TPSA) is 6.48 Å². The average molecular weight is 757 g/mol. The van der Waals surface area contributed by atoms with Crippen LogP contribution in [-0.4, -0.2) is 0 Å². The molecule has 0 unspecified atom stereocenters. The van der Waals surface area contributed by atoms with Crippen LogP contribution in [0.25, 0.3) is 33.5 Å². The van der Waals surface area contributed by atoms with Crippen molar-refractivity contribution in [3.63, 3.8) is 0 Å².